The van der Waals surface area contributed by atoms with Gasteiger partial charge < -0.3 is 20.5 Å². The van der Waals surface area contributed by atoms with E-state index >= 15 is 0 Å². The van der Waals surface area contributed by atoms with E-state index in [1.807, 2.05) is 10.7 Å². The summed E-state index contributed by atoms with van der Waals surface area (Å²) in [6.07, 6.45) is 4.56. The Morgan fingerprint density at radius 2 is 2.30 bits per heavy atom. The topological polar surface area (TPSA) is 91.4 Å². The number of rotatable bonds is 6. The average Bonchev–Trinajstić information content (AvgIpc) is 3.23. The lowest BCUT2D eigenvalue weighted by Crippen LogP contribution is -2.30. The van der Waals surface area contributed by atoms with Gasteiger partial charge in [-0.25, -0.2) is 0 Å². The quantitative estimate of drug-likeness (QED) is 0.807. The van der Waals surface area contributed by atoms with Crippen molar-refractivity contribution in [3.63, 3.8) is 0 Å². The molecule has 1 aromatic heterocycles. The van der Waals surface area contributed by atoms with Crippen LogP contribution in [0.15, 0.2) is 18.3 Å². The zero-order valence-electron chi connectivity index (χ0n) is 15.8. The molecule has 0 fully saturated rings. The number of carbonyl (C=O) groups excluding carboxylic acids is 1. The molecule has 7 heteroatoms. The van der Waals surface area contributed by atoms with Crippen LogP contribution in [0, 0.1) is 5.92 Å². The number of carbonyl (C=O) groups is 1. The van der Waals surface area contributed by atoms with Gasteiger partial charge in [0.15, 0.2) is 0 Å². The Morgan fingerprint density at radius 3 is 3.07 bits per heavy atom. The molecule has 144 valence electrons. The molecule has 2 aliphatic rings. The highest BCUT2D eigenvalue weighted by atomic mass is 16.5. The first-order valence-electron chi connectivity index (χ1n) is 9.46. The lowest BCUT2D eigenvalue weighted by Gasteiger charge is -2.24. The first-order chi connectivity index (χ1) is 13.0. The maximum absolute atomic E-state index is 11.6. The minimum Gasteiger partial charge on any atom is -0.497 e. The summed E-state index contributed by atoms with van der Waals surface area (Å²) >= 11 is 0. The monoisotopic (exact) mass is 370 g/mol. The van der Waals surface area contributed by atoms with Gasteiger partial charge in [-0.05, 0) is 44.4 Å². The number of benzene rings is 1. The number of hydrogen-bond donors (Lipinski definition) is 2. The molecule has 0 saturated heterocycles. The molecule has 4 rings (SSSR count). The van der Waals surface area contributed by atoms with Crippen molar-refractivity contribution in [2.24, 2.45) is 11.7 Å². The molecule has 2 aliphatic heterocycles. The molecule has 1 aromatic carbocycles. The van der Waals surface area contributed by atoms with Crippen molar-refractivity contribution in [2.75, 3.05) is 13.7 Å². The van der Waals surface area contributed by atoms with E-state index in [1.165, 1.54) is 5.56 Å². The number of nitrogens with two attached hydrogens (primary N) is 1. The van der Waals surface area contributed by atoms with Crippen LogP contribution in [-0.4, -0.2) is 35.4 Å². The van der Waals surface area contributed by atoms with Crippen LogP contribution in [0.3, 0.4) is 0 Å². The van der Waals surface area contributed by atoms with Crippen molar-refractivity contribution in [3.05, 3.63) is 40.7 Å². The minimum atomic E-state index is -0.400. The predicted molar refractivity (Wildman–Crippen MR) is 101 cm³/mol. The predicted octanol–water partition coefficient (Wildman–Crippen LogP) is 1.67. The summed E-state index contributed by atoms with van der Waals surface area (Å²) < 4.78 is 13.3. The average molecular weight is 370 g/mol. The molecule has 27 heavy (non-hydrogen) atoms. The van der Waals surface area contributed by atoms with E-state index in [1.54, 1.807) is 13.3 Å². The number of ether oxygens (including phenoxy) is 2. The van der Waals surface area contributed by atoms with Gasteiger partial charge in [0.25, 0.3) is 5.91 Å². The van der Waals surface area contributed by atoms with Gasteiger partial charge in [0.05, 0.1) is 24.6 Å². The molecule has 0 bridgehead atoms. The maximum atomic E-state index is 11.6. The van der Waals surface area contributed by atoms with E-state index in [9.17, 15) is 4.79 Å². The van der Waals surface area contributed by atoms with Crippen molar-refractivity contribution in [2.45, 2.75) is 45.4 Å². The number of primary amides is 1. The highest BCUT2D eigenvalue weighted by molar-refractivity contribution is 5.93. The second-order valence-corrected chi connectivity index (χ2v) is 7.49. The lowest BCUT2D eigenvalue weighted by molar-refractivity contribution is 0.0998. The number of aryl methyl sites for hydroxylation is 1. The van der Waals surface area contributed by atoms with Crippen LogP contribution < -0.4 is 20.5 Å². The van der Waals surface area contributed by atoms with Crippen molar-refractivity contribution < 1.29 is 14.3 Å². The van der Waals surface area contributed by atoms with Crippen molar-refractivity contribution in [1.82, 2.24) is 15.1 Å². The Labute approximate surface area is 158 Å². The van der Waals surface area contributed by atoms with Crippen LogP contribution in [0.2, 0.25) is 0 Å². The molecule has 2 atom stereocenters. The highest BCUT2D eigenvalue weighted by Crippen LogP contribution is 2.36. The summed E-state index contributed by atoms with van der Waals surface area (Å²) in [4.78, 5) is 11.6. The number of methoxy groups -OCH3 is 1. The number of hydrogen-bond acceptors (Lipinski definition) is 5. The standard InChI is InChI=1S/C20H26N4O3/c1-12-5-14-7-16(26-2)8-15(19(14)27-12)10-22-9-13-3-4-24-18(6-13)17(11-23-24)20(21)25/h7-8,11-13,22H,3-6,9-10H2,1-2H3,(H2,21,25)/t12-,13-/m0/s1. The molecule has 3 heterocycles. The first-order valence-corrected chi connectivity index (χ1v) is 9.46. The van der Waals surface area contributed by atoms with Crippen LogP contribution in [0.4, 0.5) is 0 Å². The fourth-order valence-corrected chi connectivity index (χ4v) is 4.12. The summed E-state index contributed by atoms with van der Waals surface area (Å²) in [6.45, 7) is 4.50. The van der Waals surface area contributed by atoms with Crippen LogP contribution in [0.5, 0.6) is 11.5 Å². The Balaban J connectivity index is 1.40. The second kappa shape index (κ2) is 7.23. The van der Waals surface area contributed by atoms with E-state index in [2.05, 4.69) is 23.4 Å². The van der Waals surface area contributed by atoms with Gasteiger partial charge in [0, 0.05) is 30.6 Å². The highest BCUT2D eigenvalue weighted by Gasteiger charge is 2.25. The van der Waals surface area contributed by atoms with Crippen LogP contribution in [0.25, 0.3) is 0 Å². The molecule has 0 aliphatic carbocycles. The third kappa shape index (κ3) is 3.51. The second-order valence-electron chi connectivity index (χ2n) is 7.49. The van der Waals surface area contributed by atoms with Gasteiger partial charge in [-0.2, -0.15) is 5.10 Å². The summed E-state index contributed by atoms with van der Waals surface area (Å²) in [5.41, 5.74) is 9.31. The molecule has 0 radical (unpaired) electrons. The molecule has 0 spiro atoms. The van der Waals surface area contributed by atoms with E-state index in [-0.39, 0.29) is 6.10 Å². The first kappa shape index (κ1) is 17.9. The number of fused-ring (bicyclic) bond motifs is 2. The van der Waals surface area contributed by atoms with E-state index in [0.717, 1.165) is 61.7 Å². The van der Waals surface area contributed by atoms with E-state index in [0.29, 0.717) is 11.5 Å². The zero-order valence-corrected chi connectivity index (χ0v) is 15.8. The van der Waals surface area contributed by atoms with E-state index < -0.39 is 5.91 Å². The molecular formula is C20H26N4O3. The van der Waals surface area contributed by atoms with Crippen LogP contribution in [-0.2, 0) is 25.9 Å². The van der Waals surface area contributed by atoms with E-state index in [4.69, 9.17) is 15.2 Å². The third-order valence-corrected chi connectivity index (χ3v) is 5.47. The SMILES string of the molecule is COc1cc(CNC[C@H]2CCn3ncc(C(N)=O)c3C2)c2c(c1)C[C@H](C)O2. The van der Waals surface area contributed by atoms with Gasteiger partial charge in [-0.1, -0.05) is 0 Å². The van der Waals surface area contributed by atoms with Gasteiger partial charge in [-0.15, -0.1) is 0 Å². The maximum Gasteiger partial charge on any atom is 0.252 e. The smallest absolute Gasteiger partial charge is 0.252 e. The van der Waals surface area contributed by atoms with Gasteiger partial charge in [0.2, 0.25) is 0 Å². The van der Waals surface area contributed by atoms with Crippen molar-refractivity contribution in [1.29, 1.82) is 0 Å². The number of aromatic nitrogens is 2. The number of amides is 1. The van der Waals surface area contributed by atoms with Crippen molar-refractivity contribution in [3.8, 4) is 11.5 Å². The fraction of sp³-hybridized carbons (Fsp3) is 0.500. The molecule has 7 nitrogen and oxygen atoms in total. The fourth-order valence-electron chi connectivity index (χ4n) is 4.12. The number of nitrogens with zero attached hydrogens (tertiary/aromatic N) is 2. The molecular weight excluding hydrogens is 344 g/mol. The largest absolute Gasteiger partial charge is 0.497 e. The van der Waals surface area contributed by atoms with Gasteiger partial charge in [-0.3, -0.25) is 9.48 Å². The summed E-state index contributed by atoms with van der Waals surface area (Å²) in [7, 11) is 1.69. The van der Waals surface area contributed by atoms with Gasteiger partial charge >= 0.3 is 0 Å². The molecule has 2 aromatic rings. The van der Waals surface area contributed by atoms with Gasteiger partial charge in [0.1, 0.15) is 17.6 Å². The summed E-state index contributed by atoms with van der Waals surface area (Å²) in [6, 6.07) is 4.11. The summed E-state index contributed by atoms with van der Waals surface area (Å²) in [5, 5.41) is 7.83. The molecule has 1 amide bonds. The third-order valence-electron chi connectivity index (χ3n) is 5.47. The normalized spacial score (nSPS) is 20.7. The Hall–Kier alpha value is -2.54. The molecule has 0 saturated carbocycles. The molecule has 0 unspecified atom stereocenters. The molecule has 3 N–H and O–H groups in total. The van der Waals surface area contributed by atoms with Crippen LogP contribution >= 0.6 is 0 Å². The summed E-state index contributed by atoms with van der Waals surface area (Å²) in [5.74, 6) is 1.92. The van der Waals surface area contributed by atoms with Crippen molar-refractivity contribution >= 4 is 5.91 Å². The lowest BCUT2D eigenvalue weighted by atomic mass is 9.94. The Morgan fingerprint density at radius 1 is 1.44 bits per heavy atom. The Kier molecular flexibility index (Phi) is 4.78. The number of nitrogens with one attached hydrogen (secondary N) is 1. The zero-order chi connectivity index (χ0) is 19.0. The van der Waals surface area contributed by atoms with Crippen LogP contribution in [0.1, 0.15) is 40.5 Å². The Bertz CT molecular complexity index is 861. The minimum absolute atomic E-state index is 0.205.